The predicted octanol–water partition coefficient (Wildman–Crippen LogP) is 4.12. The Morgan fingerprint density at radius 1 is 1.09 bits per heavy atom. The summed E-state index contributed by atoms with van der Waals surface area (Å²) >= 11 is 1.41. The lowest BCUT2D eigenvalue weighted by Gasteiger charge is -2.24. The molecule has 0 spiro atoms. The maximum Gasteiger partial charge on any atom is 0.260 e. The van der Waals surface area contributed by atoms with E-state index in [1.165, 1.54) is 23.5 Å². The van der Waals surface area contributed by atoms with Gasteiger partial charge in [-0.05, 0) is 49.5 Å². The first kappa shape index (κ1) is 26.1. The number of ether oxygens (including phenoxy) is 1. The molecule has 0 fully saturated rings. The number of halogens is 1. The molecule has 1 heterocycles. The Morgan fingerprint density at radius 2 is 1.81 bits per heavy atom. The number of likely N-dealkylation sites (N-methyl/N-ethyl adjacent to an activating group) is 1. The number of sulfone groups is 1. The van der Waals surface area contributed by atoms with Crippen molar-refractivity contribution in [2.24, 2.45) is 0 Å². The van der Waals surface area contributed by atoms with Crippen LogP contribution in [0.4, 0.5) is 5.13 Å². The van der Waals surface area contributed by atoms with Crippen molar-refractivity contribution in [2.45, 2.75) is 18.7 Å². The quantitative estimate of drug-likeness (QED) is 0.442. The molecule has 2 aromatic carbocycles. The van der Waals surface area contributed by atoms with Crippen molar-refractivity contribution in [3.8, 4) is 5.75 Å². The van der Waals surface area contributed by atoms with Crippen LogP contribution in [0.3, 0.4) is 0 Å². The minimum absolute atomic E-state index is 0. The molecular weight excluding hydrogens is 470 g/mol. The van der Waals surface area contributed by atoms with Crippen molar-refractivity contribution in [1.82, 2.24) is 9.88 Å². The molecule has 0 N–H and O–H groups in total. The van der Waals surface area contributed by atoms with Gasteiger partial charge in [0, 0.05) is 24.9 Å². The third kappa shape index (κ3) is 5.98. The second-order valence-electron chi connectivity index (χ2n) is 7.11. The van der Waals surface area contributed by atoms with Gasteiger partial charge in [0.05, 0.1) is 22.2 Å². The number of methoxy groups -OCH3 is 1. The number of thiazole rings is 1. The summed E-state index contributed by atoms with van der Waals surface area (Å²) in [7, 11) is -1.81. The normalized spacial score (nSPS) is 11.4. The second-order valence-corrected chi connectivity index (χ2v) is 10.1. The number of amides is 1. The molecule has 7 nitrogen and oxygen atoms in total. The molecular formula is C22H28ClN3O4S2. The number of hydrogen-bond donors (Lipinski definition) is 0. The van der Waals surface area contributed by atoms with Gasteiger partial charge in [0.1, 0.15) is 5.75 Å². The van der Waals surface area contributed by atoms with E-state index in [9.17, 15) is 13.2 Å². The van der Waals surface area contributed by atoms with Gasteiger partial charge in [-0.2, -0.15) is 0 Å². The Labute approximate surface area is 199 Å². The van der Waals surface area contributed by atoms with Gasteiger partial charge >= 0.3 is 0 Å². The van der Waals surface area contributed by atoms with Crippen LogP contribution < -0.4 is 9.64 Å². The molecule has 0 aliphatic heterocycles. The maximum atomic E-state index is 13.5. The van der Waals surface area contributed by atoms with Crippen molar-refractivity contribution in [3.63, 3.8) is 0 Å². The molecule has 0 aliphatic rings. The van der Waals surface area contributed by atoms with Gasteiger partial charge < -0.3 is 9.64 Å². The molecule has 3 aromatic rings. The Bertz CT molecular complexity index is 1180. The van der Waals surface area contributed by atoms with Gasteiger partial charge in [-0.1, -0.05) is 31.3 Å². The number of benzene rings is 2. The van der Waals surface area contributed by atoms with Crippen LogP contribution in [0.25, 0.3) is 10.2 Å². The number of carbonyl (C=O) groups is 1. The first-order valence-electron chi connectivity index (χ1n) is 10.1. The van der Waals surface area contributed by atoms with Gasteiger partial charge in [0.2, 0.25) is 0 Å². The van der Waals surface area contributed by atoms with E-state index in [2.05, 4.69) is 23.7 Å². The summed E-state index contributed by atoms with van der Waals surface area (Å²) in [6.45, 7) is 7.03. The highest BCUT2D eigenvalue weighted by Crippen LogP contribution is 2.32. The zero-order valence-electron chi connectivity index (χ0n) is 18.6. The lowest BCUT2D eigenvalue weighted by molar-refractivity contribution is 0.0983. The lowest BCUT2D eigenvalue weighted by atomic mass is 10.2. The smallest absolute Gasteiger partial charge is 0.260 e. The molecule has 1 aromatic heterocycles. The topological polar surface area (TPSA) is 79.8 Å². The van der Waals surface area contributed by atoms with E-state index in [4.69, 9.17) is 4.74 Å². The number of anilines is 1. The number of carbonyl (C=O) groups excluding carboxylic acids is 1. The molecule has 0 unspecified atom stereocenters. The molecule has 0 atom stereocenters. The van der Waals surface area contributed by atoms with Crippen LogP contribution in [0.15, 0.2) is 47.4 Å². The summed E-state index contributed by atoms with van der Waals surface area (Å²) in [5.41, 5.74) is 1.10. The Hall–Kier alpha value is -2.20. The summed E-state index contributed by atoms with van der Waals surface area (Å²) in [5, 5.41) is 0.574. The van der Waals surface area contributed by atoms with Crippen molar-refractivity contribution < 1.29 is 17.9 Å². The molecule has 0 saturated carbocycles. The second kappa shape index (κ2) is 11.1. The number of nitrogens with zero attached hydrogens (tertiary/aromatic N) is 3. The number of rotatable bonds is 9. The van der Waals surface area contributed by atoms with E-state index in [1.807, 2.05) is 18.2 Å². The van der Waals surface area contributed by atoms with Crippen LogP contribution in [0.5, 0.6) is 5.75 Å². The highest BCUT2D eigenvalue weighted by atomic mass is 35.5. The van der Waals surface area contributed by atoms with E-state index < -0.39 is 9.84 Å². The predicted molar refractivity (Wildman–Crippen MR) is 132 cm³/mol. The Kier molecular flexibility index (Phi) is 9.03. The molecule has 174 valence electrons. The highest BCUT2D eigenvalue weighted by molar-refractivity contribution is 7.90. The van der Waals surface area contributed by atoms with Crippen LogP contribution in [0, 0.1) is 0 Å². The first-order chi connectivity index (χ1) is 14.8. The van der Waals surface area contributed by atoms with Gasteiger partial charge in [-0.15, -0.1) is 12.4 Å². The maximum absolute atomic E-state index is 13.5. The summed E-state index contributed by atoms with van der Waals surface area (Å²) < 4.78 is 30.1. The van der Waals surface area contributed by atoms with Crippen LogP contribution in [-0.4, -0.2) is 63.8 Å². The summed E-state index contributed by atoms with van der Waals surface area (Å²) in [6.07, 6.45) is 1.13. The molecule has 3 rings (SSSR count). The SMILES string of the molecule is CCN(CC)CCN(C(=O)c1cccc(S(C)(=O)=O)c1)c1nc2ccc(OC)cc2s1.Cl. The van der Waals surface area contributed by atoms with E-state index in [-0.39, 0.29) is 23.2 Å². The standard InChI is InChI=1S/C22H27N3O4S2.ClH/c1-5-24(6-2)12-13-25(21(26)16-8-7-9-18(14-16)31(4,27)28)22-23-19-11-10-17(29-3)15-20(19)30-22;/h7-11,14-15H,5-6,12-13H2,1-4H3;1H. The summed E-state index contributed by atoms with van der Waals surface area (Å²) in [6, 6.07) is 11.8. The molecule has 0 saturated heterocycles. The van der Waals surface area contributed by atoms with E-state index in [0.29, 0.717) is 23.8 Å². The molecule has 1 amide bonds. The average molecular weight is 498 g/mol. The molecule has 0 bridgehead atoms. The average Bonchev–Trinajstić information content (AvgIpc) is 3.18. The molecule has 32 heavy (non-hydrogen) atoms. The lowest BCUT2D eigenvalue weighted by Crippen LogP contribution is -2.38. The first-order valence-corrected chi connectivity index (χ1v) is 12.8. The van der Waals surface area contributed by atoms with Crippen molar-refractivity contribution >= 4 is 54.8 Å². The van der Waals surface area contributed by atoms with Crippen molar-refractivity contribution in [3.05, 3.63) is 48.0 Å². The van der Waals surface area contributed by atoms with Crippen LogP contribution in [0.2, 0.25) is 0 Å². The monoisotopic (exact) mass is 497 g/mol. The van der Waals surface area contributed by atoms with Crippen LogP contribution in [-0.2, 0) is 9.84 Å². The van der Waals surface area contributed by atoms with E-state index in [0.717, 1.165) is 35.3 Å². The van der Waals surface area contributed by atoms with E-state index >= 15 is 0 Å². The Morgan fingerprint density at radius 3 is 2.44 bits per heavy atom. The van der Waals surface area contributed by atoms with E-state index in [1.54, 1.807) is 24.1 Å². The largest absolute Gasteiger partial charge is 0.497 e. The molecule has 0 radical (unpaired) electrons. The fourth-order valence-corrected chi connectivity index (χ4v) is 4.90. The van der Waals surface area contributed by atoms with Crippen LogP contribution in [0.1, 0.15) is 24.2 Å². The van der Waals surface area contributed by atoms with Gasteiger partial charge in [-0.3, -0.25) is 9.69 Å². The highest BCUT2D eigenvalue weighted by Gasteiger charge is 2.23. The zero-order chi connectivity index (χ0) is 22.6. The van der Waals surface area contributed by atoms with Crippen molar-refractivity contribution in [2.75, 3.05) is 44.4 Å². The van der Waals surface area contributed by atoms with Crippen molar-refractivity contribution in [1.29, 1.82) is 0 Å². The summed E-state index contributed by atoms with van der Waals surface area (Å²) in [5.74, 6) is 0.452. The fourth-order valence-electron chi connectivity index (χ4n) is 3.22. The number of hydrogen-bond acceptors (Lipinski definition) is 7. The van der Waals surface area contributed by atoms with Gasteiger partial charge in [0.25, 0.3) is 5.91 Å². The fraction of sp³-hybridized carbons (Fsp3) is 0.364. The van der Waals surface area contributed by atoms with Gasteiger partial charge in [-0.25, -0.2) is 13.4 Å². The van der Waals surface area contributed by atoms with Gasteiger partial charge in [0.15, 0.2) is 15.0 Å². The minimum atomic E-state index is -3.42. The molecule has 10 heteroatoms. The third-order valence-electron chi connectivity index (χ3n) is 5.10. The Balaban J connectivity index is 0.00000363. The minimum Gasteiger partial charge on any atom is -0.497 e. The third-order valence-corrected chi connectivity index (χ3v) is 7.26. The number of fused-ring (bicyclic) bond motifs is 1. The summed E-state index contributed by atoms with van der Waals surface area (Å²) in [4.78, 5) is 22.1. The number of aromatic nitrogens is 1. The molecule has 0 aliphatic carbocycles. The van der Waals surface area contributed by atoms with Crippen LogP contribution >= 0.6 is 23.7 Å². The zero-order valence-corrected chi connectivity index (χ0v) is 21.0.